The van der Waals surface area contributed by atoms with Gasteiger partial charge in [0.05, 0.1) is 22.7 Å². The molecule has 0 spiro atoms. The fourth-order valence-electron chi connectivity index (χ4n) is 3.83. The van der Waals surface area contributed by atoms with Gasteiger partial charge < -0.3 is 4.57 Å². The molecule has 0 amide bonds. The van der Waals surface area contributed by atoms with Crippen LogP contribution in [-0.2, 0) is 6.54 Å². The van der Waals surface area contributed by atoms with Crippen LogP contribution in [0.25, 0.3) is 43.8 Å². The average Bonchev–Trinajstić information content (AvgIpc) is 2.99. The summed E-state index contributed by atoms with van der Waals surface area (Å²) in [5.41, 5.74) is 3.00. The van der Waals surface area contributed by atoms with Crippen LogP contribution in [-0.4, -0.2) is 20.7 Å². The Balaban J connectivity index is 1.89. The molecule has 0 unspecified atom stereocenters. The number of halogens is 4. The third-order valence-corrected chi connectivity index (χ3v) is 5.18. The van der Waals surface area contributed by atoms with Crippen molar-refractivity contribution in [1.82, 2.24) is 14.5 Å². The summed E-state index contributed by atoms with van der Waals surface area (Å²) in [5, 5.41) is 2.68. The van der Waals surface area contributed by atoms with E-state index < -0.39 is 12.7 Å². The second-order valence-corrected chi connectivity index (χ2v) is 7.30. The molecule has 0 radical (unpaired) electrons. The van der Waals surface area contributed by atoms with Gasteiger partial charge in [-0.05, 0) is 30.3 Å². The molecule has 0 aliphatic rings. The summed E-state index contributed by atoms with van der Waals surface area (Å²) in [4.78, 5) is 8.50. The van der Waals surface area contributed by atoms with Gasteiger partial charge in [0.25, 0.3) is 0 Å². The number of rotatable bonds is 2. The minimum atomic E-state index is -4.38. The third-order valence-electron chi connectivity index (χ3n) is 4.96. The second kappa shape index (κ2) is 6.46. The fourth-order valence-corrected chi connectivity index (χ4v) is 4.04. The van der Waals surface area contributed by atoms with Crippen LogP contribution in [0.2, 0.25) is 5.02 Å². The van der Waals surface area contributed by atoms with E-state index in [4.69, 9.17) is 11.6 Å². The quantitative estimate of drug-likeness (QED) is 0.327. The number of pyridine rings is 2. The van der Waals surface area contributed by atoms with Gasteiger partial charge in [-0.25, -0.2) is 0 Å². The van der Waals surface area contributed by atoms with Gasteiger partial charge in [-0.3, -0.25) is 9.97 Å². The van der Waals surface area contributed by atoms with Crippen molar-refractivity contribution in [2.75, 3.05) is 0 Å². The molecule has 0 bridgehead atoms. The fraction of sp³-hybridized carbons (Fsp3) is 0.0909. The molecule has 3 nitrogen and oxygen atoms in total. The molecule has 0 saturated carbocycles. The lowest BCUT2D eigenvalue weighted by Crippen LogP contribution is -2.17. The molecule has 5 rings (SSSR count). The summed E-state index contributed by atoms with van der Waals surface area (Å²) in [6, 6.07) is 14.6. The van der Waals surface area contributed by atoms with Crippen molar-refractivity contribution in [1.29, 1.82) is 0 Å². The van der Waals surface area contributed by atoms with Gasteiger partial charge in [0.2, 0.25) is 0 Å². The molecular formula is C22H13ClF3N3. The van der Waals surface area contributed by atoms with E-state index in [2.05, 4.69) is 9.97 Å². The van der Waals surface area contributed by atoms with Crippen molar-refractivity contribution in [3.63, 3.8) is 0 Å². The van der Waals surface area contributed by atoms with Gasteiger partial charge >= 0.3 is 6.18 Å². The Morgan fingerprint density at radius 3 is 2.62 bits per heavy atom. The highest BCUT2D eigenvalue weighted by molar-refractivity contribution is 6.32. The summed E-state index contributed by atoms with van der Waals surface area (Å²) in [5.74, 6) is 0. The van der Waals surface area contributed by atoms with Crippen LogP contribution in [0, 0.1) is 0 Å². The maximum Gasteiger partial charge on any atom is 0.406 e. The van der Waals surface area contributed by atoms with Gasteiger partial charge in [-0.2, -0.15) is 13.2 Å². The zero-order valence-corrected chi connectivity index (χ0v) is 15.7. The smallest absolute Gasteiger partial charge is 0.329 e. The zero-order valence-electron chi connectivity index (χ0n) is 14.9. The summed E-state index contributed by atoms with van der Waals surface area (Å²) < 4.78 is 41.5. The molecule has 0 atom stereocenters. The van der Waals surface area contributed by atoms with Crippen molar-refractivity contribution in [2.24, 2.45) is 0 Å². The molecular weight excluding hydrogens is 399 g/mol. The van der Waals surface area contributed by atoms with E-state index in [1.165, 1.54) is 10.8 Å². The standard InChI is InChI=1S/C22H13ClF3N3/c23-15-8-17(14-7-13-3-1-2-4-19(13)28-10-14)21-18(9-15)16-5-6-27-11-20(16)29(21)12-22(24,25)26/h1-11H,12H2. The van der Waals surface area contributed by atoms with Crippen LogP contribution in [0.1, 0.15) is 0 Å². The molecule has 7 heteroatoms. The highest BCUT2D eigenvalue weighted by Gasteiger charge is 2.30. The van der Waals surface area contributed by atoms with Gasteiger partial charge in [0.15, 0.2) is 0 Å². The minimum absolute atomic E-state index is 0.414. The van der Waals surface area contributed by atoms with Gasteiger partial charge in [-0.1, -0.05) is 29.8 Å². The minimum Gasteiger partial charge on any atom is -0.329 e. The highest BCUT2D eigenvalue weighted by atomic mass is 35.5. The van der Waals surface area contributed by atoms with E-state index >= 15 is 0 Å². The Bertz CT molecular complexity index is 1390. The van der Waals surface area contributed by atoms with Crippen molar-refractivity contribution < 1.29 is 13.2 Å². The number of aromatic nitrogens is 3. The first kappa shape index (κ1) is 17.9. The van der Waals surface area contributed by atoms with E-state index in [0.29, 0.717) is 38.0 Å². The molecule has 5 aromatic rings. The highest BCUT2D eigenvalue weighted by Crippen LogP contribution is 2.39. The molecule has 3 aromatic heterocycles. The maximum absolute atomic E-state index is 13.4. The van der Waals surface area contributed by atoms with Crippen LogP contribution in [0.5, 0.6) is 0 Å². The molecule has 2 aromatic carbocycles. The summed E-state index contributed by atoms with van der Waals surface area (Å²) in [6.07, 6.45) is 0.309. The first-order valence-corrected chi connectivity index (χ1v) is 9.26. The molecule has 0 N–H and O–H groups in total. The molecule has 0 aliphatic carbocycles. The summed E-state index contributed by atoms with van der Waals surface area (Å²) in [6.45, 7) is -1.12. The number of hydrogen-bond acceptors (Lipinski definition) is 2. The number of alkyl halides is 3. The lowest BCUT2D eigenvalue weighted by molar-refractivity contribution is -0.139. The Hall–Kier alpha value is -3.12. The normalized spacial score (nSPS) is 12.3. The number of fused-ring (bicyclic) bond motifs is 4. The van der Waals surface area contributed by atoms with E-state index in [1.807, 2.05) is 30.3 Å². The number of para-hydroxylation sites is 1. The van der Waals surface area contributed by atoms with Crippen molar-refractivity contribution in [3.05, 3.63) is 72.1 Å². The number of nitrogens with zero attached hydrogens (tertiary/aromatic N) is 3. The first-order chi connectivity index (χ1) is 13.9. The van der Waals surface area contributed by atoms with Crippen LogP contribution in [0.15, 0.2) is 67.1 Å². The second-order valence-electron chi connectivity index (χ2n) is 6.86. The van der Waals surface area contributed by atoms with Crippen molar-refractivity contribution >= 4 is 44.3 Å². The van der Waals surface area contributed by atoms with Crippen LogP contribution < -0.4 is 0 Å². The lowest BCUT2D eigenvalue weighted by atomic mass is 10.0. The van der Waals surface area contributed by atoms with E-state index in [-0.39, 0.29) is 0 Å². The van der Waals surface area contributed by atoms with Crippen LogP contribution in [0.4, 0.5) is 13.2 Å². The predicted molar refractivity (Wildman–Crippen MR) is 109 cm³/mol. The molecule has 0 aliphatic heterocycles. The van der Waals surface area contributed by atoms with Crippen LogP contribution >= 0.6 is 11.6 Å². The third kappa shape index (κ3) is 3.09. The SMILES string of the molecule is FC(F)(F)Cn1c2cnccc2c2cc(Cl)cc(-c3cnc4ccccc4c3)c21. The van der Waals surface area contributed by atoms with E-state index in [0.717, 1.165) is 10.9 Å². The van der Waals surface area contributed by atoms with Gasteiger partial charge in [0, 0.05) is 44.7 Å². The molecule has 144 valence electrons. The van der Waals surface area contributed by atoms with Crippen molar-refractivity contribution in [3.8, 4) is 11.1 Å². The Morgan fingerprint density at radius 1 is 0.966 bits per heavy atom. The molecule has 3 heterocycles. The van der Waals surface area contributed by atoms with Gasteiger partial charge in [0.1, 0.15) is 6.54 Å². The Morgan fingerprint density at radius 2 is 1.79 bits per heavy atom. The van der Waals surface area contributed by atoms with Crippen LogP contribution in [0.3, 0.4) is 0 Å². The monoisotopic (exact) mass is 411 g/mol. The van der Waals surface area contributed by atoms with E-state index in [1.54, 1.807) is 30.6 Å². The maximum atomic E-state index is 13.4. The number of benzene rings is 2. The van der Waals surface area contributed by atoms with Crippen molar-refractivity contribution in [2.45, 2.75) is 12.7 Å². The lowest BCUT2D eigenvalue weighted by Gasteiger charge is -2.14. The predicted octanol–water partition coefficient (Wildman–Crippen LogP) is 6.62. The largest absolute Gasteiger partial charge is 0.406 e. The van der Waals surface area contributed by atoms with Gasteiger partial charge in [-0.15, -0.1) is 0 Å². The summed E-state index contributed by atoms with van der Waals surface area (Å²) in [7, 11) is 0. The van der Waals surface area contributed by atoms with E-state index in [9.17, 15) is 13.2 Å². The zero-order chi connectivity index (χ0) is 20.2. The Labute approximate surface area is 168 Å². The molecule has 0 saturated heterocycles. The summed E-state index contributed by atoms with van der Waals surface area (Å²) >= 11 is 6.37. The first-order valence-electron chi connectivity index (χ1n) is 8.88. The average molecular weight is 412 g/mol. The topological polar surface area (TPSA) is 30.7 Å². The molecule has 29 heavy (non-hydrogen) atoms. The molecule has 0 fully saturated rings. The number of hydrogen-bond donors (Lipinski definition) is 0. The Kier molecular flexibility index (Phi) is 3.99.